The van der Waals surface area contributed by atoms with Crippen molar-refractivity contribution in [1.82, 2.24) is 4.98 Å². The number of nitrogens with two attached hydrogens (primary N) is 1. The Morgan fingerprint density at radius 1 is 1.30 bits per heavy atom. The van der Waals surface area contributed by atoms with Crippen LogP contribution in [0.3, 0.4) is 0 Å². The lowest BCUT2D eigenvalue weighted by Gasteiger charge is -2.40. The number of nitrogens with zero attached hydrogens (tertiary/aromatic N) is 1. The highest BCUT2D eigenvalue weighted by Crippen LogP contribution is 2.43. The van der Waals surface area contributed by atoms with Gasteiger partial charge in [-0.3, -0.25) is 9.78 Å². The first-order valence-electron chi connectivity index (χ1n) is 7.06. The normalized spacial score (nSPS) is 16.6. The van der Waals surface area contributed by atoms with E-state index in [-0.39, 0.29) is 11.3 Å². The lowest BCUT2D eigenvalue weighted by molar-refractivity contribution is -0.119. The van der Waals surface area contributed by atoms with Crippen LogP contribution >= 0.6 is 0 Å². The van der Waals surface area contributed by atoms with Crippen molar-refractivity contribution in [2.45, 2.75) is 25.7 Å². The van der Waals surface area contributed by atoms with E-state index in [9.17, 15) is 4.79 Å². The van der Waals surface area contributed by atoms with Gasteiger partial charge < -0.3 is 11.1 Å². The van der Waals surface area contributed by atoms with Crippen LogP contribution in [-0.2, 0) is 4.79 Å². The third-order valence-corrected chi connectivity index (χ3v) is 4.29. The van der Waals surface area contributed by atoms with Crippen molar-refractivity contribution in [2.75, 3.05) is 11.9 Å². The van der Waals surface area contributed by atoms with Crippen LogP contribution in [0.15, 0.2) is 36.5 Å². The van der Waals surface area contributed by atoms with E-state index in [1.165, 1.54) is 6.42 Å². The number of benzene rings is 1. The Bertz CT molecular complexity index is 624. The SMILES string of the molecule is NCC1(CC(=O)Nc2cccc3cccnc23)CCC1. The van der Waals surface area contributed by atoms with Crippen molar-refractivity contribution in [3.63, 3.8) is 0 Å². The molecule has 0 aliphatic heterocycles. The molecule has 3 N–H and O–H groups in total. The molecule has 4 nitrogen and oxygen atoms in total. The summed E-state index contributed by atoms with van der Waals surface area (Å²) in [7, 11) is 0. The number of aromatic nitrogens is 1. The minimum absolute atomic E-state index is 0.0299. The number of carbonyl (C=O) groups excluding carboxylic acids is 1. The zero-order valence-electron chi connectivity index (χ0n) is 11.4. The van der Waals surface area contributed by atoms with Gasteiger partial charge in [-0.15, -0.1) is 0 Å². The van der Waals surface area contributed by atoms with E-state index in [0.29, 0.717) is 13.0 Å². The molecule has 0 spiro atoms. The Balaban J connectivity index is 1.77. The van der Waals surface area contributed by atoms with Gasteiger partial charge in [0, 0.05) is 18.0 Å². The molecular weight excluding hydrogens is 250 g/mol. The second-order valence-corrected chi connectivity index (χ2v) is 5.66. The number of carbonyl (C=O) groups is 1. The zero-order chi connectivity index (χ0) is 14.0. The van der Waals surface area contributed by atoms with Gasteiger partial charge >= 0.3 is 0 Å². The third kappa shape index (κ3) is 2.39. The number of pyridine rings is 1. The summed E-state index contributed by atoms with van der Waals surface area (Å²) in [6.07, 6.45) is 5.55. The molecule has 20 heavy (non-hydrogen) atoms. The standard InChI is InChI=1S/C16H19N3O/c17-11-16(7-3-8-16)10-14(20)19-13-6-1-4-12-5-2-9-18-15(12)13/h1-2,4-6,9H,3,7-8,10-11,17H2,(H,19,20). The minimum Gasteiger partial charge on any atom is -0.330 e. The van der Waals surface area contributed by atoms with Crippen LogP contribution < -0.4 is 11.1 Å². The lowest BCUT2D eigenvalue weighted by Crippen LogP contribution is -2.40. The predicted molar refractivity (Wildman–Crippen MR) is 80.3 cm³/mol. The number of fused-ring (bicyclic) bond motifs is 1. The van der Waals surface area contributed by atoms with Gasteiger partial charge in [-0.2, -0.15) is 0 Å². The first-order valence-corrected chi connectivity index (χ1v) is 7.06. The van der Waals surface area contributed by atoms with E-state index in [2.05, 4.69) is 10.3 Å². The van der Waals surface area contributed by atoms with E-state index in [1.54, 1.807) is 6.20 Å². The molecule has 1 aliphatic rings. The van der Waals surface area contributed by atoms with Gasteiger partial charge in [0.2, 0.25) is 5.91 Å². The molecule has 0 radical (unpaired) electrons. The van der Waals surface area contributed by atoms with Crippen LogP contribution in [0.2, 0.25) is 0 Å². The van der Waals surface area contributed by atoms with Crippen LogP contribution in [0, 0.1) is 5.41 Å². The molecule has 1 amide bonds. The maximum Gasteiger partial charge on any atom is 0.225 e. The Morgan fingerprint density at radius 3 is 2.80 bits per heavy atom. The first kappa shape index (κ1) is 13.1. The van der Waals surface area contributed by atoms with E-state index in [4.69, 9.17) is 5.73 Å². The highest BCUT2D eigenvalue weighted by molar-refractivity contribution is 6.00. The van der Waals surface area contributed by atoms with Crippen molar-refractivity contribution >= 4 is 22.5 Å². The first-order chi connectivity index (χ1) is 9.72. The van der Waals surface area contributed by atoms with Crippen LogP contribution in [0.5, 0.6) is 0 Å². The van der Waals surface area contributed by atoms with Gasteiger partial charge in [0.05, 0.1) is 11.2 Å². The molecule has 0 saturated heterocycles. The Hall–Kier alpha value is -1.94. The van der Waals surface area contributed by atoms with E-state index < -0.39 is 0 Å². The number of amides is 1. The molecular formula is C16H19N3O. The monoisotopic (exact) mass is 269 g/mol. The highest BCUT2D eigenvalue weighted by atomic mass is 16.1. The second kappa shape index (κ2) is 5.21. The smallest absolute Gasteiger partial charge is 0.225 e. The number of anilines is 1. The molecule has 1 fully saturated rings. The number of nitrogens with one attached hydrogen (secondary N) is 1. The predicted octanol–water partition coefficient (Wildman–Crippen LogP) is 2.69. The highest BCUT2D eigenvalue weighted by Gasteiger charge is 2.37. The van der Waals surface area contributed by atoms with Gasteiger partial charge in [-0.05, 0) is 36.9 Å². The maximum absolute atomic E-state index is 12.2. The molecule has 2 aromatic rings. The van der Waals surface area contributed by atoms with Crippen molar-refractivity contribution in [3.05, 3.63) is 36.5 Å². The summed E-state index contributed by atoms with van der Waals surface area (Å²) in [5.74, 6) is 0.0355. The summed E-state index contributed by atoms with van der Waals surface area (Å²) in [5.41, 5.74) is 7.45. The molecule has 3 rings (SSSR count). The largest absolute Gasteiger partial charge is 0.330 e. The Kier molecular flexibility index (Phi) is 3.40. The number of hydrogen-bond acceptors (Lipinski definition) is 3. The number of rotatable bonds is 4. The van der Waals surface area contributed by atoms with Gasteiger partial charge in [-0.25, -0.2) is 0 Å². The van der Waals surface area contributed by atoms with E-state index >= 15 is 0 Å². The maximum atomic E-state index is 12.2. The molecule has 0 bridgehead atoms. The van der Waals surface area contributed by atoms with Gasteiger partial charge in [-0.1, -0.05) is 24.6 Å². The Labute approximate surface area is 118 Å². The molecule has 4 heteroatoms. The van der Waals surface area contributed by atoms with Crippen molar-refractivity contribution in [2.24, 2.45) is 11.1 Å². The molecule has 0 atom stereocenters. The van der Waals surface area contributed by atoms with Crippen molar-refractivity contribution < 1.29 is 4.79 Å². The molecule has 1 aliphatic carbocycles. The van der Waals surface area contributed by atoms with Crippen molar-refractivity contribution in [1.29, 1.82) is 0 Å². The molecule has 1 aromatic heterocycles. The summed E-state index contributed by atoms with van der Waals surface area (Å²) in [4.78, 5) is 16.6. The summed E-state index contributed by atoms with van der Waals surface area (Å²) in [5, 5.41) is 4.02. The average Bonchev–Trinajstić information content (AvgIpc) is 2.43. The fourth-order valence-electron chi connectivity index (χ4n) is 2.87. The van der Waals surface area contributed by atoms with Gasteiger partial charge in [0.1, 0.15) is 0 Å². The fraction of sp³-hybridized carbons (Fsp3) is 0.375. The summed E-state index contributed by atoms with van der Waals surface area (Å²) < 4.78 is 0. The fourth-order valence-corrected chi connectivity index (χ4v) is 2.87. The van der Waals surface area contributed by atoms with E-state index in [1.807, 2.05) is 30.3 Å². The summed E-state index contributed by atoms with van der Waals surface area (Å²) >= 11 is 0. The lowest BCUT2D eigenvalue weighted by atomic mass is 9.66. The number of hydrogen-bond donors (Lipinski definition) is 2. The van der Waals surface area contributed by atoms with Gasteiger partial charge in [0.15, 0.2) is 0 Å². The summed E-state index contributed by atoms with van der Waals surface area (Å²) in [6, 6.07) is 9.70. The van der Waals surface area contributed by atoms with Crippen LogP contribution in [0.4, 0.5) is 5.69 Å². The zero-order valence-corrected chi connectivity index (χ0v) is 11.4. The molecule has 1 aromatic carbocycles. The molecule has 1 saturated carbocycles. The second-order valence-electron chi connectivity index (χ2n) is 5.66. The van der Waals surface area contributed by atoms with E-state index in [0.717, 1.165) is 29.4 Å². The van der Waals surface area contributed by atoms with Crippen molar-refractivity contribution in [3.8, 4) is 0 Å². The van der Waals surface area contributed by atoms with Crippen LogP contribution in [0.25, 0.3) is 10.9 Å². The molecule has 104 valence electrons. The van der Waals surface area contributed by atoms with Crippen LogP contribution in [0.1, 0.15) is 25.7 Å². The third-order valence-electron chi connectivity index (χ3n) is 4.29. The molecule has 0 unspecified atom stereocenters. The number of para-hydroxylation sites is 1. The quantitative estimate of drug-likeness (QED) is 0.896. The van der Waals surface area contributed by atoms with Gasteiger partial charge in [0.25, 0.3) is 0 Å². The average molecular weight is 269 g/mol. The summed E-state index contributed by atoms with van der Waals surface area (Å²) in [6.45, 7) is 0.591. The molecule has 1 heterocycles. The minimum atomic E-state index is 0.0299. The topological polar surface area (TPSA) is 68.0 Å². The van der Waals surface area contributed by atoms with Crippen LogP contribution in [-0.4, -0.2) is 17.4 Å². The Morgan fingerprint density at radius 2 is 2.10 bits per heavy atom.